The molecule has 1 aromatic heterocycles. The van der Waals surface area contributed by atoms with Crippen LogP contribution in [0.5, 0.6) is 0 Å². The lowest BCUT2D eigenvalue weighted by Crippen LogP contribution is -2.30. The minimum absolute atomic E-state index is 0.241. The van der Waals surface area contributed by atoms with Crippen LogP contribution in [0.2, 0.25) is 0 Å². The van der Waals surface area contributed by atoms with Gasteiger partial charge >= 0.3 is 0 Å². The Labute approximate surface area is 131 Å². The van der Waals surface area contributed by atoms with E-state index >= 15 is 0 Å². The maximum absolute atomic E-state index is 12.3. The molecular weight excluding hydrogens is 278 g/mol. The molecule has 112 valence electrons. The predicted octanol–water partition coefficient (Wildman–Crippen LogP) is 4.29. The first-order valence-corrected chi connectivity index (χ1v) is 8.48. The van der Waals surface area contributed by atoms with Crippen molar-refractivity contribution in [1.82, 2.24) is 4.90 Å². The highest BCUT2D eigenvalue weighted by molar-refractivity contribution is 7.09. The standard InChI is InChI=1S/C18H23NOS/c1-3-15-7-9-16(10-8-15)11-12-18(20)19(4-2)14-17-6-5-13-21-17/h5-10,13H,3-4,11-12,14H2,1-2H3. The summed E-state index contributed by atoms with van der Waals surface area (Å²) in [4.78, 5) is 15.5. The van der Waals surface area contributed by atoms with Crippen LogP contribution >= 0.6 is 11.3 Å². The summed E-state index contributed by atoms with van der Waals surface area (Å²) in [5.74, 6) is 0.241. The molecule has 0 N–H and O–H groups in total. The molecule has 3 heteroatoms. The summed E-state index contributed by atoms with van der Waals surface area (Å²) >= 11 is 1.71. The van der Waals surface area contributed by atoms with Crippen LogP contribution in [0, 0.1) is 0 Å². The number of amides is 1. The fourth-order valence-corrected chi connectivity index (χ4v) is 3.04. The lowest BCUT2D eigenvalue weighted by molar-refractivity contribution is -0.131. The van der Waals surface area contributed by atoms with Crippen LogP contribution < -0.4 is 0 Å². The van der Waals surface area contributed by atoms with E-state index in [1.807, 2.05) is 17.9 Å². The monoisotopic (exact) mass is 301 g/mol. The summed E-state index contributed by atoms with van der Waals surface area (Å²) in [7, 11) is 0. The molecule has 0 fully saturated rings. The van der Waals surface area contributed by atoms with Crippen molar-refractivity contribution in [3.8, 4) is 0 Å². The SMILES string of the molecule is CCc1ccc(CCC(=O)N(CC)Cc2cccs2)cc1. The molecule has 0 bridgehead atoms. The Morgan fingerprint density at radius 2 is 1.81 bits per heavy atom. The quantitative estimate of drug-likeness (QED) is 0.747. The average molecular weight is 301 g/mol. The van der Waals surface area contributed by atoms with Gasteiger partial charge in [0.05, 0.1) is 6.54 Å². The van der Waals surface area contributed by atoms with E-state index in [1.165, 1.54) is 16.0 Å². The largest absolute Gasteiger partial charge is 0.338 e. The molecule has 2 rings (SSSR count). The van der Waals surface area contributed by atoms with Crippen LogP contribution in [0.15, 0.2) is 41.8 Å². The van der Waals surface area contributed by atoms with Gasteiger partial charge in [-0.2, -0.15) is 0 Å². The fraction of sp³-hybridized carbons (Fsp3) is 0.389. The third-order valence-corrected chi connectivity index (χ3v) is 4.58. The van der Waals surface area contributed by atoms with E-state index in [0.717, 1.165) is 25.9 Å². The molecule has 0 aliphatic carbocycles. The number of hydrogen-bond donors (Lipinski definition) is 0. The molecule has 1 aromatic carbocycles. The van der Waals surface area contributed by atoms with Gasteiger partial charge in [0.2, 0.25) is 5.91 Å². The second kappa shape index (κ2) is 7.99. The molecule has 0 saturated carbocycles. The number of aryl methyl sites for hydroxylation is 2. The van der Waals surface area contributed by atoms with E-state index < -0.39 is 0 Å². The van der Waals surface area contributed by atoms with Crippen LogP contribution in [0.25, 0.3) is 0 Å². The third-order valence-electron chi connectivity index (χ3n) is 3.72. The van der Waals surface area contributed by atoms with Gasteiger partial charge in [-0.15, -0.1) is 11.3 Å². The zero-order chi connectivity index (χ0) is 15.1. The molecule has 2 aromatic rings. The number of benzene rings is 1. The maximum Gasteiger partial charge on any atom is 0.223 e. The van der Waals surface area contributed by atoms with E-state index in [0.29, 0.717) is 6.42 Å². The van der Waals surface area contributed by atoms with E-state index in [4.69, 9.17) is 0 Å². The molecule has 0 aliphatic rings. The molecule has 0 spiro atoms. The second-order valence-electron chi connectivity index (χ2n) is 5.16. The highest BCUT2D eigenvalue weighted by Crippen LogP contribution is 2.14. The summed E-state index contributed by atoms with van der Waals surface area (Å²) in [6, 6.07) is 12.7. The smallest absolute Gasteiger partial charge is 0.223 e. The molecule has 2 nitrogen and oxygen atoms in total. The van der Waals surface area contributed by atoms with Crippen LogP contribution in [-0.4, -0.2) is 17.4 Å². The highest BCUT2D eigenvalue weighted by atomic mass is 32.1. The molecule has 0 atom stereocenters. The van der Waals surface area contributed by atoms with Crippen LogP contribution in [0.1, 0.15) is 36.3 Å². The first-order chi connectivity index (χ1) is 10.2. The molecule has 1 heterocycles. The summed E-state index contributed by atoms with van der Waals surface area (Å²) in [5.41, 5.74) is 2.59. The van der Waals surface area contributed by atoms with Crippen LogP contribution in [0.3, 0.4) is 0 Å². The molecular formula is C18H23NOS. The van der Waals surface area contributed by atoms with Gasteiger partial charge in [-0.05, 0) is 42.3 Å². The van der Waals surface area contributed by atoms with Gasteiger partial charge in [0.15, 0.2) is 0 Å². The van der Waals surface area contributed by atoms with Crippen molar-refractivity contribution in [2.45, 2.75) is 39.7 Å². The molecule has 0 saturated heterocycles. The number of thiophene rings is 1. The summed E-state index contributed by atoms with van der Waals surface area (Å²) in [6.45, 7) is 5.71. The van der Waals surface area contributed by atoms with Crippen molar-refractivity contribution in [2.24, 2.45) is 0 Å². The van der Waals surface area contributed by atoms with Crippen LogP contribution in [0.4, 0.5) is 0 Å². The Kier molecular flexibility index (Phi) is 6.00. The Hall–Kier alpha value is -1.61. The normalized spacial score (nSPS) is 10.6. The van der Waals surface area contributed by atoms with Gasteiger partial charge < -0.3 is 4.90 Å². The van der Waals surface area contributed by atoms with Gasteiger partial charge in [0, 0.05) is 17.8 Å². The zero-order valence-corrected chi connectivity index (χ0v) is 13.7. The summed E-state index contributed by atoms with van der Waals surface area (Å²) < 4.78 is 0. The van der Waals surface area contributed by atoms with Crippen molar-refractivity contribution in [3.05, 3.63) is 57.8 Å². The minimum Gasteiger partial charge on any atom is -0.338 e. The number of carbonyl (C=O) groups is 1. The van der Waals surface area contributed by atoms with Gasteiger partial charge in [0.25, 0.3) is 0 Å². The fourth-order valence-electron chi connectivity index (χ4n) is 2.32. The minimum atomic E-state index is 0.241. The Morgan fingerprint density at radius 3 is 2.38 bits per heavy atom. The Bertz CT molecular complexity index is 545. The summed E-state index contributed by atoms with van der Waals surface area (Å²) in [5, 5.41) is 2.06. The van der Waals surface area contributed by atoms with Crippen molar-refractivity contribution < 1.29 is 4.79 Å². The average Bonchev–Trinajstić information content (AvgIpc) is 3.03. The molecule has 0 aliphatic heterocycles. The first-order valence-electron chi connectivity index (χ1n) is 7.61. The molecule has 0 unspecified atom stereocenters. The van der Waals surface area contributed by atoms with E-state index in [1.54, 1.807) is 11.3 Å². The zero-order valence-electron chi connectivity index (χ0n) is 12.8. The summed E-state index contributed by atoms with van der Waals surface area (Å²) in [6.07, 6.45) is 2.47. The second-order valence-corrected chi connectivity index (χ2v) is 6.19. The van der Waals surface area contributed by atoms with Gasteiger partial charge in [-0.1, -0.05) is 37.3 Å². The number of rotatable bonds is 7. The Morgan fingerprint density at radius 1 is 1.10 bits per heavy atom. The highest BCUT2D eigenvalue weighted by Gasteiger charge is 2.12. The molecule has 1 amide bonds. The van der Waals surface area contributed by atoms with E-state index in [2.05, 4.69) is 42.6 Å². The van der Waals surface area contributed by atoms with Gasteiger partial charge in [-0.25, -0.2) is 0 Å². The van der Waals surface area contributed by atoms with E-state index in [-0.39, 0.29) is 5.91 Å². The topological polar surface area (TPSA) is 20.3 Å². The molecule has 21 heavy (non-hydrogen) atoms. The number of nitrogens with zero attached hydrogens (tertiary/aromatic N) is 1. The van der Waals surface area contributed by atoms with E-state index in [9.17, 15) is 4.79 Å². The van der Waals surface area contributed by atoms with Crippen molar-refractivity contribution >= 4 is 17.2 Å². The van der Waals surface area contributed by atoms with Crippen molar-refractivity contribution in [1.29, 1.82) is 0 Å². The van der Waals surface area contributed by atoms with Gasteiger partial charge in [0.1, 0.15) is 0 Å². The third kappa shape index (κ3) is 4.71. The first kappa shape index (κ1) is 15.8. The lowest BCUT2D eigenvalue weighted by Gasteiger charge is -2.20. The number of carbonyl (C=O) groups excluding carboxylic acids is 1. The lowest BCUT2D eigenvalue weighted by atomic mass is 10.1. The van der Waals surface area contributed by atoms with Gasteiger partial charge in [-0.3, -0.25) is 4.79 Å². The maximum atomic E-state index is 12.3. The Balaban J connectivity index is 1.86. The van der Waals surface area contributed by atoms with Crippen molar-refractivity contribution in [2.75, 3.05) is 6.54 Å². The number of hydrogen-bond acceptors (Lipinski definition) is 2. The van der Waals surface area contributed by atoms with Crippen LogP contribution in [-0.2, 0) is 24.2 Å². The predicted molar refractivity (Wildman–Crippen MR) is 89.6 cm³/mol. The molecule has 0 radical (unpaired) electrons. The van der Waals surface area contributed by atoms with Crippen molar-refractivity contribution in [3.63, 3.8) is 0 Å².